The van der Waals surface area contributed by atoms with E-state index in [1.54, 1.807) is 0 Å². The second-order valence-electron chi connectivity index (χ2n) is 4.79. The number of rotatable bonds is 11. The fraction of sp³-hybridized carbons (Fsp3) is 1.00. The maximum absolute atomic E-state index is 6.08. The molecule has 0 aliphatic carbocycles. The Balaban J connectivity index is 3.29. The summed E-state index contributed by atoms with van der Waals surface area (Å²) in [5.41, 5.74) is 0. The van der Waals surface area contributed by atoms with Crippen molar-refractivity contribution in [2.75, 3.05) is 6.61 Å². The molecule has 0 aromatic heterocycles. The van der Waals surface area contributed by atoms with Crippen LogP contribution in [-0.4, -0.2) is 6.61 Å². The average molecular weight is 267 g/mol. The van der Waals surface area contributed by atoms with Gasteiger partial charge in [-0.15, -0.1) is 0 Å². The molecule has 0 atom stereocenters. The second kappa shape index (κ2) is 12.7. The third-order valence-corrected chi connectivity index (χ3v) is 10.1. The fourth-order valence-corrected chi connectivity index (χ4v) is 7.32. The van der Waals surface area contributed by atoms with Crippen molar-refractivity contribution >= 4 is 0 Å². The SMILES string of the molecule is CCCCC[CH2][Zn]([CH2]C)[O]CCCCC. The Morgan fingerprint density at radius 2 is 1.47 bits per heavy atom. The summed E-state index contributed by atoms with van der Waals surface area (Å²) in [6.45, 7) is 7.93. The summed E-state index contributed by atoms with van der Waals surface area (Å²) in [4.78, 5) is 0. The number of hydrogen-bond donors (Lipinski definition) is 0. The van der Waals surface area contributed by atoms with Crippen LogP contribution < -0.4 is 0 Å². The molecule has 2 heteroatoms. The van der Waals surface area contributed by atoms with Gasteiger partial charge >= 0.3 is 102 Å². The van der Waals surface area contributed by atoms with Gasteiger partial charge in [0.05, 0.1) is 0 Å². The van der Waals surface area contributed by atoms with Gasteiger partial charge in [-0.2, -0.15) is 0 Å². The zero-order chi connectivity index (χ0) is 11.4. The molecule has 0 N–H and O–H groups in total. The second-order valence-corrected chi connectivity index (χ2v) is 12.4. The topological polar surface area (TPSA) is 9.23 Å². The Labute approximate surface area is 102 Å². The van der Waals surface area contributed by atoms with E-state index in [1.807, 2.05) is 0 Å². The van der Waals surface area contributed by atoms with Crippen LogP contribution in [-0.2, 0) is 19.9 Å². The summed E-state index contributed by atoms with van der Waals surface area (Å²) in [6, 6.07) is 0. The van der Waals surface area contributed by atoms with Crippen LogP contribution in [0.25, 0.3) is 0 Å². The van der Waals surface area contributed by atoms with Crippen LogP contribution in [0.4, 0.5) is 0 Å². The van der Waals surface area contributed by atoms with Crippen LogP contribution in [0, 0.1) is 0 Å². The predicted molar refractivity (Wildman–Crippen MR) is 64.9 cm³/mol. The van der Waals surface area contributed by atoms with Gasteiger partial charge in [-0.05, 0) is 0 Å². The van der Waals surface area contributed by atoms with Gasteiger partial charge in [-0.3, -0.25) is 0 Å². The van der Waals surface area contributed by atoms with E-state index in [0.29, 0.717) is 0 Å². The van der Waals surface area contributed by atoms with Crippen molar-refractivity contribution in [1.82, 2.24) is 0 Å². The van der Waals surface area contributed by atoms with Crippen LogP contribution in [0.15, 0.2) is 0 Å². The van der Waals surface area contributed by atoms with E-state index in [-0.39, 0.29) is 0 Å². The first-order valence-electron chi connectivity index (χ1n) is 7.20. The molecule has 15 heavy (non-hydrogen) atoms. The molecule has 0 aromatic carbocycles. The van der Waals surface area contributed by atoms with Gasteiger partial charge in [0.2, 0.25) is 0 Å². The van der Waals surface area contributed by atoms with E-state index in [1.165, 1.54) is 55.0 Å². The Morgan fingerprint density at radius 3 is 2.07 bits per heavy atom. The number of unbranched alkanes of at least 4 members (excludes halogenated alkanes) is 5. The van der Waals surface area contributed by atoms with Crippen molar-refractivity contribution in [3.63, 3.8) is 0 Å². The molecule has 89 valence electrons. The molecule has 0 radical (unpaired) electrons. The minimum absolute atomic E-state index is 1.06. The van der Waals surface area contributed by atoms with Crippen molar-refractivity contribution in [1.29, 1.82) is 0 Å². The third kappa shape index (κ3) is 10.9. The molecule has 0 rings (SSSR count). The molecule has 0 fully saturated rings. The summed E-state index contributed by atoms with van der Waals surface area (Å²) in [7, 11) is 0. The molecular formula is C13H29OZn. The first-order chi connectivity index (χ1) is 7.35. The van der Waals surface area contributed by atoms with Crippen molar-refractivity contribution in [2.45, 2.75) is 75.7 Å². The normalized spacial score (nSPS) is 10.6. The molecule has 0 saturated heterocycles. The van der Waals surface area contributed by atoms with Crippen molar-refractivity contribution in [3.05, 3.63) is 0 Å². The monoisotopic (exact) mass is 265 g/mol. The third-order valence-electron chi connectivity index (χ3n) is 3.24. The van der Waals surface area contributed by atoms with Crippen molar-refractivity contribution < 1.29 is 19.9 Å². The van der Waals surface area contributed by atoms with Crippen molar-refractivity contribution in [3.8, 4) is 0 Å². The van der Waals surface area contributed by atoms with E-state index >= 15 is 0 Å². The summed E-state index contributed by atoms with van der Waals surface area (Å²) in [5.74, 6) is 0. The summed E-state index contributed by atoms with van der Waals surface area (Å²) < 4.78 is 6.08. The van der Waals surface area contributed by atoms with E-state index in [2.05, 4.69) is 20.8 Å². The van der Waals surface area contributed by atoms with Crippen LogP contribution >= 0.6 is 0 Å². The molecule has 0 unspecified atom stereocenters. The van der Waals surface area contributed by atoms with Gasteiger partial charge in [0.1, 0.15) is 0 Å². The molecular weight excluding hydrogens is 238 g/mol. The van der Waals surface area contributed by atoms with E-state index in [9.17, 15) is 0 Å². The molecule has 0 spiro atoms. The summed E-state index contributed by atoms with van der Waals surface area (Å²) in [6.07, 6.45) is 9.58. The van der Waals surface area contributed by atoms with E-state index in [0.717, 1.165) is 6.61 Å². The van der Waals surface area contributed by atoms with E-state index in [4.69, 9.17) is 3.56 Å². The predicted octanol–water partition coefficient (Wildman–Crippen LogP) is 5.16. The van der Waals surface area contributed by atoms with Crippen LogP contribution in [0.1, 0.15) is 65.7 Å². The van der Waals surface area contributed by atoms with Gasteiger partial charge in [0, 0.05) is 0 Å². The molecule has 0 heterocycles. The van der Waals surface area contributed by atoms with Crippen LogP contribution in [0.3, 0.4) is 0 Å². The van der Waals surface area contributed by atoms with Gasteiger partial charge in [-0.1, -0.05) is 0 Å². The zero-order valence-corrected chi connectivity index (χ0v) is 14.2. The Morgan fingerprint density at radius 1 is 0.800 bits per heavy atom. The Kier molecular flexibility index (Phi) is 13.1. The van der Waals surface area contributed by atoms with Crippen molar-refractivity contribution in [2.24, 2.45) is 0 Å². The molecule has 0 amide bonds. The molecule has 0 aromatic rings. The average Bonchev–Trinajstić information content (AvgIpc) is 2.27. The fourth-order valence-electron chi connectivity index (χ4n) is 2.04. The molecule has 1 nitrogen and oxygen atoms in total. The maximum atomic E-state index is 6.08. The molecule has 0 saturated carbocycles. The zero-order valence-electron chi connectivity index (χ0n) is 11.2. The Hall–Kier alpha value is 0.583. The van der Waals surface area contributed by atoms with Crippen LogP contribution in [0.2, 0.25) is 10.0 Å². The molecule has 0 bridgehead atoms. The van der Waals surface area contributed by atoms with Gasteiger partial charge in [0.25, 0.3) is 0 Å². The quantitative estimate of drug-likeness (QED) is 0.371. The molecule has 0 aliphatic rings. The minimum atomic E-state index is -1.46. The van der Waals surface area contributed by atoms with E-state index < -0.39 is 16.3 Å². The van der Waals surface area contributed by atoms with Gasteiger partial charge < -0.3 is 0 Å². The van der Waals surface area contributed by atoms with Crippen LogP contribution in [0.5, 0.6) is 0 Å². The summed E-state index contributed by atoms with van der Waals surface area (Å²) in [5, 5.41) is 2.86. The van der Waals surface area contributed by atoms with Gasteiger partial charge in [0.15, 0.2) is 0 Å². The first kappa shape index (κ1) is 15.6. The van der Waals surface area contributed by atoms with Gasteiger partial charge in [-0.25, -0.2) is 0 Å². The first-order valence-corrected chi connectivity index (χ1v) is 12.6. The number of hydrogen-bond acceptors (Lipinski definition) is 1. The summed E-state index contributed by atoms with van der Waals surface area (Å²) >= 11 is -1.46. The standard InChI is InChI=1S/C6H13.C5H11O.C2H5.Zn/c1-3-5-6-4-2;1-2-3-4-5-6;1-2;/h1,3-6H2,2H3;2-5H2,1H3;1H2,2H3;/q;-1;;+1. The molecule has 0 aliphatic heterocycles. The Bertz CT molecular complexity index is 105.